The Morgan fingerprint density at radius 3 is 2.21 bits per heavy atom. The second-order valence-electron chi connectivity index (χ2n) is 8.67. The molecule has 2 N–H and O–H groups in total. The summed E-state index contributed by atoms with van der Waals surface area (Å²) in [5, 5.41) is 6.62. The average molecular weight is 541 g/mol. The number of amides is 2. The SMILES string of the molecule is Cc1ccc(S(=O)(=O)N(CC(=O)N/N=C\c2ccc(OCC(=O)NC(C)C)cc2)c2ccc(F)cc2)cc1. The third-order valence-corrected chi connectivity index (χ3v) is 6.90. The maximum Gasteiger partial charge on any atom is 0.264 e. The zero-order valence-corrected chi connectivity index (χ0v) is 22.0. The third kappa shape index (κ3) is 8.13. The fourth-order valence-electron chi connectivity index (χ4n) is 3.27. The number of ether oxygens (including phenoxy) is 1. The third-order valence-electron chi connectivity index (χ3n) is 5.11. The summed E-state index contributed by atoms with van der Waals surface area (Å²) in [5.74, 6) is -0.975. The van der Waals surface area contributed by atoms with Crippen molar-refractivity contribution < 1.29 is 27.1 Å². The first-order valence-electron chi connectivity index (χ1n) is 11.7. The minimum atomic E-state index is -4.12. The number of carbonyl (C=O) groups excluding carboxylic acids is 2. The Morgan fingerprint density at radius 1 is 0.974 bits per heavy atom. The zero-order chi connectivity index (χ0) is 27.7. The normalized spacial score (nSPS) is 11.4. The number of halogens is 1. The van der Waals surface area contributed by atoms with Crippen LogP contribution < -0.4 is 19.8 Å². The summed E-state index contributed by atoms with van der Waals surface area (Å²) >= 11 is 0. The second kappa shape index (κ2) is 12.8. The number of hydrogen-bond donors (Lipinski definition) is 2. The monoisotopic (exact) mass is 540 g/mol. The summed E-state index contributed by atoms with van der Waals surface area (Å²) in [7, 11) is -4.12. The predicted molar refractivity (Wildman–Crippen MR) is 143 cm³/mol. The van der Waals surface area contributed by atoms with Gasteiger partial charge in [-0.3, -0.25) is 13.9 Å². The summed E-state index contributed by atoms with van der Waals surface area (Å²) in [6.07, 6.45) is 1.38. The molecule has 0 saturated heterocycles. The molecule has 0 radical (unpaired) electrons. The lowest BCUT2D eigenvalue weighted by atomic mass is 10.2. The van der Waals surface area contributed by atoms with E-state index in [1.165, 1.54) is 30.5 Å². The summed E-state index contributed by atoms with van der Waals surface area (Å²) in [5.41, 5.74) is 3.95. The highest BCUT2D eigenvalue weighted by molar-refractivity contribution is 7.92. The highest BCUT2D eigenvalue weighted by Gasteiger charge is 2.27. The molecule has 0 aliphatic heterocycles. The van der Waals surface area contributed by atoms with Crippen molar-refractivity contribution in [2.45, 2.75) is 31.7 Å². The molecule has 0 aromatic heterocycles. The molecule has 0 saturated carbocycles. The molecule has 9 nitrogen and oxygen atoms in total. The van der Waals surface area contributed by atoms with Gasteiger partial charge < -0.3 is 10.1 Å². The van der Waals surface area contributed by atoms with Gasteiger partial charge in [0, 0.05) is 6.04 Å². The second-order valence-corrected chi connectivity index (χ2v) is 10.5. The first kappa shape index (κ1) is 28.3. The molecule has 3 aromatic carbocycles. The van der Waals surface area contributed by atoms with E-state index >= 15 is 0 Å². The predicted octanol–water partition coefficient (Wildman–Crippen LogP) is 3.38. The molecule has 200 valence electrons. The molecule has 0 fully saturated rings. The fraction of sp³-hybridized carbons (Fsp3) is 0.222. The van der Waals surface area contributed by atoms with Gasteiger partial charge in [-0.25, -0.2) is 18.2 Å². The van der Waals surface area contributed by atoms with Crippen molar-refractivity contribution in [2.75, 3.05) is 17.5 Å². The summed E-state index contributed by atoms with van der Waals surface area (Å²) < 4.78 is 46.4. The van der Waals surface area contributed by atoms with Gasteiger partial charge in [-0.15, -0.1) is 0 Å². The number of carbonyl (C=O) groups is 2. The fourth-order valence-corrected chi connectivity index (χ4v) is 4.69. The molecule has 2 amide bonds. The van der Waals surface area contributed by atoms with E-state index in [-0.39, 0.29) is 29.1 Å². The van der Waals surface area contributed by atoms with E-state index in [0.29, 0.717) is 11.3 Å². The van der Waals surface area contributed by atoms with Crippen molar-refractivity contribution in [1.29, 1.82) is 0 Å². The first-order valence-corrected chi connectivity index (χ1v) is 13.2. The Bertz CT molecular complexity index is 1370. The molecule has 0 spiro atoms. The summed E-state index contributed by atoms with van der Waals surface area (Å²) in [4.78, 5) is 24.3. The van der Waals surface area contributed by atoms with Crippen LogP contribution >= 0.6 is 0 Å². The molecule has 0 aliphatic carbocycles. The molecule has 0 unspecified atom stereocenters. The van der Waals surface area contributed by atoms with Gasteiger partial charge in [-0.05, 0) is 87.0 Å². The number of benzene rings is 3. The van der Waals surface area contributed by atoms with E-state index < -0.39 is 28.3 Å². The average Bonchev–Trinajstić information content (AvgIpc) is 2.87. The van der Waals surface area contributed by atoms with Crippen LogP contribution in [0, 0.1) is 12.7 Å². The number of sulfonamides is 1. The first-order chi connectivity index (χ1) is 18.0. The van der Waals surface area contributed by atoms with Gasteiger partial charge in [-0.1, -0.05) is 17.7 Å². The van der Waals surface area contributed by atoms with E-state index in [4.69, 9.17) is 4.74 Å². The number of nitrogens with one attached hydrogen (secondary N) is 2. The molecule has 11 heteroatoms. The lowest BCUT2D eigenvalue weighted by Crippen LogP contribution is -2.39. The Hall–Kier alpha value is -4.25. The molecule has 38 heavy (non-hydrogen) atoms. The van der Waals surface area contributed by atoms with Gasteiger partial charge in [0.05, 0.1) is 16.8 Å². The van der Waals surface area contributed by atoms with Crippen LogP contribution in [0.25, 0.3) is 0 Å². The highest BCUT2D eigenvalue weighted by atomic mass is 32.2. The van der Waals surface area contributed by atoms with Crippen LogP contribution in [0.4, 0.5) is 10.1 Å². The van der Waals surface area contributed by atoms with E-state index in [0.717, 1.165) is 22.0 Å². The van der Waals surface area contributed by atoms with Crippen molar-refractivity contribution in [3.05, 3.63) is 89.7 Å². The van der Waals surface area contributed by atoms with Crippen molar-refractivity contribution >= 4 is 33.7 Å². The number of hydrazone groups is 1. The molecule has 3 aromatic rings. The minimum absolute atomic E-state index is 0.00674. The van der Waals surface area contributed by atoms with Crippen LogP contribution in [0.3, 0.4) is 0 Å². The van der Waals surface area contributed by atoms with Crippen LogP contribution in [0.5, 0.6) is 5.75 Å². The maximum absolute atomic E-state index is 13.5. The van der Waals surface area contributed by atoms with Gasteiger partial charge in [0.15, 0.2) is 6.61 Å². The standard InChI is InChI=1S/C27H29FN4O5S/c1-19(2)30-27(34)18-37-24-12-6-21(7-13-24)16-29-31-26(33)17-32(23-10-8-22(28)9-11-23)38(35,36)25-14-4-20(3)5-15-25/h4-16,19H,17-18H2,1-3H3,(H,30,34)(H,31,33)/b29-16-. The van der Waals surface area contributed by atoms with Crippen LogP contribution in [-0.4, -0.2) is 45.6 Å². The van der Waals surface area contributed by atoms with Gasteiger partial charge in [0.2, 0.25) is 0 Å². The molecule has 0 aliphatic rings. The van der Waals surface area contributed by atoms with E-state index in [1.54, 1.807) is 36.4 Å². The Balaban J connectivity index is 1.66. The minimum Gasteiger partial charge on any atom is -0.484 e. The van der Waals surface area contributed by atoms with E-state index in [1.807, 2.05) is 20.8 Å². The number of anilines is 1. The number of rotatable bonds is 11. The van der Waals surface area contributed by atoms with Crippen LogP contribution in [0.2, 0.25) is 0 Å². The Morgan fingerprint density at radius 2 is 1.61 bits per heavy atom. The van der Waals surface area contributed by atoms with Crippen molar-refractivity contribution in [3.8, 4) is 5.75 Å². The number of nitrogens with zero attached hydrogens (tertiary/aromatic N) is 2. The van der Waals surface area contributed by atoms with Gasteiger partial charge in [0.25, 0.3) is 21.8 Å². The van der Waals surface area contributed by atoms with Crippen molar-refractivity contribution in [1.82, 2.24) is 10.7 Å². The lowest BCUT2D eigenvalue weighted by Gasteiger charge is -2.23. The van der Waals surface area contributed by atoms with Gasteiger partial charge in [-0.2, -0.15) is 5.10 Å². The largest absolute Gasteiger partial charge is 0.484 e. The maximum atomic E-state index is 13.5. The summed E-state index contributed by atoms with van der Waals surface area (Å²) in [6.45, 7) is 4.84. The summed E-state index contributed by atoms with van der Waals surface area (Å²) in [6, 6.07) is 17.7. The molecule has 0 heterocycles. The highest BCUT2D eigenvalue weighted by Crippen LogP contribution is 2.24. The van der Waals surface area contributed by atoms with E-state index in [9.17, 15) is 22.4 Å². The number of aryl methyl sites for hydroxylation is 1. The molecule has 3 rings (SSSR count). The zero-order valence-electron chi connectivity index (χ0n) is 21.2. The van der Waals surface area contributed by atoms with Crippen molar-refractivity contribution in [2.24, 2.45) is 5.10 Å². The molecular weight excluding hydrogens is 511 g/mol. The molecule has 0 bridgehead atoms. The Labute approximate surface area is 221 Å². The molecule has 0 atom stereocenters. The quantitative estimate of drug-likeness (QED) is 0.286. The van der Waals surface area contributed by atoms with Crippen LogP contribution in [0.15, 0.2) is 82.8 Å². The van der Waals surface area contributed by atoms with Crippen molar-refractivity contribution in [3.63, 3.8) is 0 Å². The van der Waals surface area contributed by atoms with Gasteiger partial charge in [0.1, 0.15) is 18.1 Å². The van der Waals surface area contributed by atoms with E-state index in [2.05, 4.69) is 15.8 Å². The van der Waals surface area contributed by atoms with Gasteiger partial charge >= 0.3 is 0 Å². The Kier molecular flexibility index (Phi) is 9.55. The lowest BCUT2D eigenvalue weighted by molar-refractivity contribution is -0.123. The number of hydrogen-bond acceptors (Lipinski definition) is 6. The molecular formula is C27H29FN4O5S. The van der Waals surface area contributed by atoms with Crippen LogP contribution in [0.1, 0.15) is 25.0 Å². The van der Waals surface area contributed by atoms with Crippen LogP contribution in [-0.2, 0) is 19.6 Å². The smallest absolute Gasteiger partial charge is 0.264 e. The topological polar surface area (TPSA) is 117 Å².